The molecule has 0 aromatic heterocycles. The second kappa shape index (κ2) is 9.18. The van der Waals surface area contributed by atoms with Crippen molar-refractivity contribution in [2.45, 2.75) is 62.5 Å². The van der Waals surface area contributed by atoms with E-state index in [1.54, 1.807) is 0 Å². The van der Waals surface area contributed by atoms with Crippen LogP contribution in [0.3, 0.4) is 0 Å². The maximum atomic E-state index is 9.98. The Kier molecular flexibility index (Phi) is 8.24. The van der Waals surface area contributed by atoms with E-state index in [0.717, 1.165) is 0 Å². The van der Waals surface area contributed by atoms with Crippen LogP contribution in [-0.4, -0.2) is 103 Å². The predicted molar refractivity (Wildman–Crippen MR) is 73.7 cm³/mol. The second-order valence-electron chi connectivity index (χ2n) is 5.71. The van der Waals surface area contributed by atoms with Crippen LogP contribution in [0.2, 0.25) is 0 Å². The van der Waals surface area contributed by atoms with Crippen molar-refractivity contribution in [3.8, 4) is 0 Å². The monoisotopic (exact) mass is 342 g/mol. The molecule has 8 N–H and O–H groups in total. The molecule has 1 fully saturated rings. The summed E-state index contributed by atoms with van der Waals surface area (Å²) in [4.78, 5) is 0. The molecule has 0 heterocycles. The minimum absolute atomic E-state index is 0.0759. The largest absolute Gasteiger partial charge is 0.396 e. The standard InChI is InChI=1S/C13H26O10/c1-5(16)8(4-15)22-13(12(20)21)23-11-6(3-14)2-7(17)9(18)10(11)19/h5-21H,2-4H2,1H3. The van der Waals surface area contributed by atoms with Crippen LogP contribution in [-0.2, 0) is 9.47 Å². The summed E-state index contributed by atoms with van der Waals surface area (Å²) in [5, 5.41) is 75.7. The van der Waals surface area contributed by atoms with Gasteiger partial charge in [0.1, 0.15) is 18.3 Å². The molecular formula is C13H26O10. The zero-order valence-electron chi connectivity index (χ0n) is 12.7. The molecule has 1 aliphatic carbocycles. The Balaban J connectivity index is 2.84. The highest BCUT2D eigenvalue weighted by Gasteiger charge is 2.45. The Bertz CT molecular complexity index is 337. The Morgan fingerprint density at radius 3 is 2.09 bits per heavy atom. The minimum Gasteiger partial charge on any atom is -0.396 e. The fraction of sp³-hybridized carbons (Fsp3) is 1.00. The molecule has 1 saturated carbocycles. The lowest BCUT2D eigenvalue weighted by Gasteiger charge is -2.42. The molecule has 0 radical (unpaired) electrons. The second-order valence-corrected chi connectivity index (χ2v) is 5.71. The summed E-state index contributed by atoms with van der Waals surface area (Å²) in [5.74, 6) is -0.785. The van der Waals surface area contributed by atoms with Crippen LogP contribution in [0.1, 0.15) is 13.3 Å². The molecule has 0 spiro atoms. The van der Waals surface area contributed by atoms with Gasteiger partial charge in [-0.1, -0.05) is 0 Å². The van der Waals surface area contributed by atoms with Gasteiger partial charge in [-0.15, -0.1) is 0 Å². The number of ether oxygens (including phenoxy) is 2. The van der Waals surface area contributed by atoms with Gasteiger partial charge in [-0.25, -0.2) is 0 Å². The summed E-state index contributed by atoms with van der Waals surface area (Å²) in [5.41, 5.74) is 0. The van der Waals surface area contributed by atoms with E-state index in [4.69, 9.17) is 14.6 Å². The van der Waals surface area contributed by atoms with E-state index in [9.17, 15) is 35.7 Å². The van der Waals surface area contributed by atoms with Crippen molar-refractivity contribution >= 4 is 0 Å². The first kappa shape index (κ1) is 20.6. The molecule has 8 unspecified atom stereocenters. The number of hydrogen-bond donors (Lipinski definition) is 8. The molecule has 0 aromatic carbocycles. The smallest absolute Gasteiger partial charge is 0.209 e. The highest BCUT2D eigenvalue weighted by molar-refractivity contribution is 4.93. The summed E-state index contributed by atoms with van der Waals surface area (Å²) in [6.07, 6.45) is -12.0. The third-order valence-electron chi connectivity index (χ3n) is 3.89. The molecule has 10 nitrogen and oxygen atoms in total. The topological polar surface area (TPSA) is 180 Å². The van der Waals surface area contributed by atoms with E-state index in [1.807, 2.05) is 0 Å². The highest BCUT2D eigenvalue weighted by atomic mass is 16.7. The molecular weight excluding hydrogens is 316 g/mol. The maximum Gasteiger partial charge on any atom is 0.209 e. The first-order chi connectivity index (χ1) is 10.7. The molecule has 1 rings (SSSR count). The lowest BCUT2D eigenvalue weighted by atomic mass is 9.81. The van der Waals surface area contributed by atoms with Gasteiger partial charge in [-0.3, -0.25) is 0 Å². The normalized spacial score (nSPS) is 36.0. The average Bonchev–Trinajstić information content (AvgIpc) is 2.49. The van der Waals surface area contributed by atoms with Crippen molar-refractivity contribution in [1.82, 2.24) is 0 Å². The summed E-state index contributed by atoms with van der Waals surface area (Å²) < 4.78 is 10.3. The van der Waals surface area contributed by atoms with E-state index in [-0.39, 0.29) is 6.42 Å². The molecule has 23 heavy (non-hydrogen) atoms. The summed E-state index contributed by atoms with van der Waals surface area (Å²) in [6, 6.07) is 0. The molecule has 0 bridgehead atoms. The summed E-state index contributed by atoms with van der Waals surface area (Å²) >= 11 is 0. The number of aliphatic hydroxyl groups excluding tert-OH is 7. The SMILES string of the molecule is CC(O)C(CO)OC(OC1C(CO)CC(O)C(O)C1O)C(O)O. The van der Waals surface area contributed by atoms with Crippen LogP contribution < -0.4 is 0 Å². The summed E-state index contributed by atoms with van der Waals surface area (Å²) in [7, 11) is 0. The predicted octanol–water partition coefficient (Wildman–Crippen LogP) is -4.14. The maximum absolute atomic E-state index is 9.98. The van der Waals surface area contributed by atoms with Crippen molar-refractivity contribution in [2.24, 2.45) is 5.92 Å². The van der Waals surface area contributed by atoms with Crippen LogP contribution in [0.25, 0.3) is 0 Å². The number of aliphatic hydroxyl groups is 8. The molecule has 0 aliphatic heterocycles. The van der Waals surface area contributed by atoms with Crippen LogP contribution in [0, 0.1) is 5.92 Å². The van der Waals surface area contributed by atoms with Gasteiger partial charge in [-0.05, 0) is 13.3 Å². The minimum atomic E-state index is -2.17. The molecule has 0 aromatic rings. The highest BCUT2D eigenvalue weighted by Crippen LogP contribution is 2.29. The molecule has 8 atom stereocenters. The van der Waals surface area contributed by atoms with Gasteiger partial charge >= 0.3 is 0 Å². The molecule has 0 saturated heterocycles. The van der Waals surface area contributed by atoms with Gasteiger partial charge < -0.3 is 50.3 Å². The lowest BCUT2D eigenvalue weighted by Crippen LogP contribution is -2.57. The Hall–Kier alpha value is -0.400. The summed E-state index contributed by atoms with van der Waals surface area (Å²) in [6.45, 7) is 0.204. The fourth-order valence-electron chi connectivity index (χ4n) is 2.46. The van der Waals surface area contributed by atoms with E-state index in [1.165, 1.54) is 6.92 Å². The van der Waals surface area contributed by atoms with Crippen molar-refractivity contribution in [3.05, 3.63) is 0 Å². The molecule has 10 heteroatoms. The van der Waals surface area contributed by atoms with E-state index >= 15 is 0 Å². The lowest BCUT2D eigenvalue weighted by molar-refractivity contribution is -0.318. The van der Waals surface area contributed by atoms with Crippen molar-refractivity contribution in [2.75, 3.05) is 13.2 Å². The number of hydrogen-bond acceptors (Lipinski definition) is 10. The Labute approximate surface area is 133 Å². The van der Waals surface area contributed by atoms with Gasteiger partial charge in [0.25, 0.3) is 0 Å². The zero-order chi connectivity index (χ0) is 17.7. The van der Waals surface area contributed by atoms with Crippen LogP contribution in [0.5, 0.6) is 0 Å². The molecule has 0 amide bonds. The van der Waals surface area contributed by atoms with Gasteiger partial charge in [0.15, 0.2) is 0 Å². The fourth-order valence-corrected chi connectivity index (χ4v) is 2.46. The third-order valence-corrected chi connectivity index (χ3v) is 3.89. The average molecular weight is 342 g/mol. The quantitative estimate of drug-likeness (QED) is 0.202. The van der Waals surface area contributed by atoms with Gasteiger partial charge in [0, 0.05) is 12.5 Å². The Morgan fingerprint density at radius 2 is 1.65 bits per heavy atom. The van der Waals surface area contributed by atoms with E-state index in [2.05, 4.69) is 0 Å². The van der Waals surface area contributed by atoms with Crippen LogP contribution >= 0.6 is 0 Å². The molecule has 138 valence electrons. The first-order valence-corrected chi connectivity index (χ1v) is 7.33. The van der Waals surface area contributed by atoms with E-state index in [0.29, 0.717) is 0 Å². The third kappa shape index (κ3) is 5.29. The van der Waals surface area contributed by atoms with Crippen molar-refractivity contribution < 1.29 is 50.3 Å². The van der Waals surface area contributed by atoms with Crippen LogP contribution in [0.15, 0.2) is 0 Å². The molecule has 1 aliphatic rings. The van der Waals surface area contributed by atoms with Crippen LogP contribution in [0.4, 0.5) is 0 Å². The number of rotatable bonds is 8. The van der Waals surface area contributed by atoms with Crippen molar-refractivity contribution in [1.29, 1.82) is 0 Å². The van der Waals surface area contributed by atoms with E-state index < -0.39 is 68.3 Å². The first-order valence-electron chi connectivity index (χ1n) is 7.33. The van der Waals surface area contributed by atoms with Gasteiger partial charge in [0.05, 0.1) is 24.9 Å². The van der Waals surface area contributed by atoms with Gasteiger partial charge in [-0.2, -0.15) is 0 Å². The van der Waals surface area contributed by atoms with Crippen molar-refractivity contribution in [3.63, 3.8) is 0 Å². The van der Waals surface area contributed by atoms with Gasteiger partial charge in [0.2, 0.25) is 12.6 Å². The Morgan fingerprint density at radius 1 is 1.04 bits per heavy atom. The zero-order valence-corrected chi connectivity index (χ0v) is 12.7.